The topological polar surface area (TPSA) is 52.3 Å². The summed E-state index contributed by atoms with van der Waals surface area (Å²) >= 11 is 0. The van der Waals surface area contributed by atoms with Crippen LogP contribution in [0.1, 0.15) is 15.9 Å². The predicted molar refractivity (Wildman–Crippen MR) is 52.1 cm³/mol. The number of anilines is 1. The minimum absolute atomic E-state index is 0.392. The van der Waals surface area contributed by atoms with E-state index < -0.39 is 34.9 Å². The Bertz CT molecular complexity index is 470. The molecular weight excluding hydrogens is 261 g/mol. The molecule has 1 rings (SSSR count). The number of nitrogen functional groups attached to an aromatic ring is 1. The number of alkyl halides is 5. The Morgan fingerprint density at radius 2 is 1.72 bits per heavy atom. The van der Waals surface area contributed by atoms with Crippen molar-refractivity contribution < 1.29 is 31.5 Å². The van der Waals surface area contributed by atoms with Crippen LogP contribution in [0.4, 0.5) is 27.6 Å². The van der Waals surface area contributed by atoms with Crippen molar-refractivity contribution in [3.8, 4) is 0 Å². The van der Waals surface area contributed by atoms with Crippen LogP contribution >= 0.6 is 0 Å². The third-order valence-electron chi connectivity index (χ3n) is 2.10. The molecule has 0 saturated carbocycles. The summed E-state index contributed by atoms with van der Waals surface area (Å²) in [4.78, 5) is 11.1. The van der Waals surface area contributed by atoms with Crippen molar-refractivity contribution in [2.45, 2.75) is 12.1 Å². The molecule has 0 atom stereocenters. The summed E-state index contributed by atoms with van der Waals surface area (Å²) in [6.45, 7) is 0. The molecule has 100 valence electrons. The molecule has 3 nitrogen and oxygen atoms in total. The van der Waals surface area contributed by atoms with Gasteiger partial charge in [0.1, 0.15) is 0 Å². The van der Waals surface area contributed by atoms with Gasteiger partial charge in [-0.2, -0.15) is 22.0 Å². The van der Waals surface area contributed by atoms with Crippen LogP contribution in [0, 0.1) is 0 Å². The van der Waals surface area contributed by atoms with Gasteiger partial charge in [0.2, 0.25) is 0 Å². The third-order valence-corrected chi connectivity index (χ3v) is 2.10. The second-order valence-electron chi connectivity index (χ2n) is 3.41. The fourth-order valence-electron chi connectivity index (χ4n) is 1.23. The fourth-order valence-corrected chi connectivity index (χ4v) is 1.23. The number of rotatable bonds is 2. The van der Waals surface area contributed by atoms with E-state index in [9.17, 15) is 26.7 Å². The summed E-state index contributed by atoms with van der Waals surface area (Å²) in [5.74, 6) is -6.15. The van der Waals surface area contributed by atoms with Crippen LogP contribution < -0.4 is 5.73 Å². The Morgan fingerprint density at radius 3 is 2.17 bits per heavy atom. The van der Waals surface area contributed by atoms with Crippen molar-refractivity contribution >= 4 is 11.7 Å². The number of ether oxygens (including phenoxy) is 1. The summed E-state index contributed by atoms with van der Waals surface area (Å²) < 4.78 is 66.8. The van der Waals surface area contributed by atoms with Crippen LogP contribution in [0.15, 0.2) is 18.2 Å². The van der Waals surface area contributed by atoms with E-state index in [0.717, 1.165) is 13.2 Å². The number of carbonyl (C=O) groups is 1. The molecule has 18 heavy (non-hydrogen) atoms. The number of nitrogens with two attached hydrogens (primary N) is 1. The average molecular weight is 269 g/mol. The lowest BCUT2D eigenvalue weighted by molar-refractivity contribution is -0.289. The second-order valence-corrected chi connectivity index (χ2v) is 3.41. The summed E-state index contributed by atoms with van der Waals surface area (Å²) in [5, 5.41) is 0. The van der Waals surface area contributed by atoms with Gasteiger partial charge in [-0.1, -0.05) is 0 Å². The molecule has 2 N–H and O–H groups in total. The maximum atomic E-state index is 13.1. The molecule has 0 spiro atoms. The van der Waals surface area contributed by atoms with Gasteiger partial charge >= 0.3 is 18.1 Å². The molecule has 8 heteroatoms. The van der Waals surface area contributed by atoms with E-state index in [1.54, 1.807) is 0 Å². The highest BCUT2D eigenvalue weighted by molar-refractivity contribution is 5.90. The van der Waals surface area contributed by atoms with E-state index in [1.807, 2.05) is 0 Å². The maximum absolute atomic E-state index is 13.1. The zero-order valence-corrected chi connectivity index (χ0v) is 9.02. The average Bonchev–Trinajstić information content (AvgIpc) is 2.25. The van der Waals surface area contributed by atoms with E-state index >= 15 is 0 Å². The Kier molecular flexibility index (Phi) is 3.50. The summed E-state index contributed by atoms with van der Waals surface area (Å²) in [5.41, 5.74) is 2.91. The number of benzene rings is 1. The van der Waals surface area contributed by atoms with Crippen LogP contribution in [0.3, 0.4) is 0 Å². The van der Waals surface area contributed by atoms with Crippen LogP contribution in [0.5, 0.6) is 0 Å². The van der Waals surface area contributed by atoms with Crippen molar-refractivity contribution in [1.29, 1.82) is 0 Å². The quantitative estimate of drug-likeness (QED) is 0.510. The van der Waals surface area contributed by atoms with E-state index in [4.69, 9.17) is 5.73 Å². The summed E-state index contributed by atoms with van der Waals surface area (Å²) in [7, 11) is 0.965. The molecule has 0 unspecified atom stereocenters. The minimum atomic E-state index is -5.77. The van der Waals surface area contributed by atoms with Crippen LogP contribution in [0.25, 0.3) is 0 Å². The first-order valence-electron chi connectivity index (χ1n) is 4.53. The monoisotopic (exact) mass is 269 g/mol. The molecule has 0 bridgehead atoms. The van der Waals surface area contributed by atoms with Gasteiger partial charge in [-0.3, -0.25) is 0 Å². The highest BCUT2D eigenvalue weighted by atomic mass is 19.4. The lowest BCUT2D eigenvalue weighted by Gasteiger charge is -2.20. The SMILES string of the molecule is COC(=O)c1cc(N)cc(C(F)(F)C(F)(F)F)c1. The van der Waals surface area contributed by atoms with Crippen LogP contribution in [-0.4, -0.2) is 19.3 Å². The van der Waals surface area contributed by atoms with Crippen molar-refractivity contribution in [2.75, 3.05) is 12.8 Å². The number of methoxy groups -OCH3 is 1. The van der Waals surface area contributed by atoms with Gasteiger partial charge in [0.15, 0.2) is 0 Å². The lowest BCUT2D eigenvalue weighted by atomic mass is 10.0. The molecule has 1 aromatic carbocycles. The van der Waals surface area contributed by atoms with Crippen molar-refractivity contribution in [3.63, 3.8) is 0 Å². The van der Waals surface area contributed by atoms with Crippen molar-refractivity contribution in [1.82, 2.24) is 0 Å². The van der Waals surface area contributed by atoms with Crippen molar-refractivity contribution in [2.24, 2.45) is 0 Å². The molecule has 0 aliphatic carbocycles. The molecule has 0 saturated heterocycles. The Balaban J connectivity index is 3.35. The Labute approximate surface area is 98.3 Å². The normalized spacial score (nSPS) is 12.3. The number of hydrogen-bond donors (Lipinski definition) is 1. The standard InChI is InChI=1S/C10H8F5NO2/c1-18-8(17)5-2-6(4-7(16)3-5)9(11,12)10(13,14)15/h2-4H,16H2,1H3. The van der Waals surface area contributed by atoms with E-state index in [0.29, 0.717) is 12.1 Å². The highest BCUT2D eigenvalue weighted by Gasteiger charge is 2.58. The minimum Gasteiger partial charge on any atom is -0.465 e. The molecule has 0 fully saturated rings. The second kappa shape index (κ2) is 4.43. The van der Waals surface area contributed by atoms with Gasteiger partial charge in [0.25, 0.3) is 0 Å². The van der Waals surface area contributed by atoms with E-state index in [-0.39, 0.29) is 0 Å². The van der Waals surface area contributed by atoms with Gasteiger partial charge < -0.3 is 10.5 Å². The van der Waals surface area contributed by atoms with Gasteiger partial charge in [-0.25, -0.2) is 4.79 Å². The number of hydrogen-bond acceptors (Lipinski definition) is 3. The maximum Gasteiger partial charge on any atom is 0.458 e. The van der Waals surface area contributed by atoms with Gasteiger partial charge in [-0.05, 0) is 18.2 Å². The largest absolute Gasteiger partial charge is 0.465 e. The highest BCUT2D eigenvalue weighted by Crippen LogP contribution is 2.44. The zero-order chi connectivity index (χ0) is 14.1. The Morgan fingerprint density at radius 1 is 1.17 bits per heavy atom. The Hall–Kier alpha value is -1.86. The molecule has 0 radical (unpaired) electrons. The predicted octanol–water partition coefficient (Wildman–Crippen LogP) is 2.71. The van der Waals surface area contributed by atoms with Crippen LogP contribution in [-0.2, 0) is 10.7 Å². The van der Waals surface area contributed by atoms with E-state index in [2.05, 4.69) is 4.74 Å². The van der Waals surface area contributed by atoms with Gasteiger partial charge in [-0.15, -0.1) is 0 Å². The fraction of sp³-hybridized carbons (Fsp3) is 0.300. The lowest BCUT2D eigenvalue weighted by Crippen LogP contribution is -2.33. The number of esters is 1. The summed E-state index contributed by atoms with van der Waals surface area (Å²) in [6, 6.07) is 1.80. The van der Waals surface area contributed by atoms with Crippen molar-refractivity contribution in [3.05, 3.63) is 29.3 Å². The zero-order valence-electron chi connectivity index (χ0n) is 9.02. The molecule has 0 amide bonds. The smallest absolute Gasteiger partial charge is 0.458 e. The molecule has 0 aliphatic rings. The van der Waals surface area contributed by atoms with Gasteiger partial charge in [0.05, 0.1) is 12.7 Å². The van der Waals surface area contributed by atoms with Crippen LogP contribution in [0.2, 0.25) is 0 Å². The first-order chi connectivity index (χ1) is 8.09. The first-order valence-corrected chi connectivity index (χ1v) is 4.53. The van der Waals surface area contributed by atoms with E-state index in [1.165, 1.54) is 0 Å². The molecule has 1 aromatic rings. The first kappa shape index (κ1) is 14.2. The number of halogens is 5. The third kappa shape index (κ3) is 2.52. The van der Waals surface area contributed by atoms with Gasteiger partial charge in [0, 0.05) is 11.3 Å². The molecule has 0 aromatic heterocycles. The molecule has 0 heterocycles. The summed E-state index contributed by atoms with van der Waals surface area (Å²) in [6.07, 6.45) is -5.77. The molecule has 0 aliphatic heterocycles. The molecular formula is C10H8F5NO2. The number of carbonyl (C=O) groups excluding carboxylic acids is 1.